The lowest BCUT2D eigenvalue weighted by atomic mass is 10.2. The van der Waals surface area contributed by atoms with Gasteiger partial charge < -0.3 is 20.8 Å². The first-order chi connectivity index (χ1) is 10.4. The molecule has 0 heterocycles. The fraction of sp³-hybridized carbons (Fsp3) is 0. The van der Waals surface area contributed by atoms with Crippen molar-refractivity contribution in [1.29, 1.82) is 0 Å². The Bertz CT molecular complexity index is 606. The highest BCUT2D eigenvalue weighted by molar-refractivity contribution is 6.07. The Kier molecular flexibility index (Phi) is 6.05. The molecular formula is C14H12N2O6. The lowest BCUT2D eigenvalue weighted by Crippen LogP contribution is -2.14. The first-order valence-corrected chi connectivity index (χ1v) is 5.91. The van der Waals surface area contributed by atoms with Crippen molar-refractivity contribution in [3.05, 3.63) is 48.6 Å². The number of carboxylic acid groups (broad SMARTS) is 2. The monoisotopic (exact) mass is 304 g/mol. The summed E-state index contributed by atoms with van der Waals surface area (Å²) in [6.07, 6.45) is 2.99. The molecule has 22 heavy (non-hydrogen) atoms. The summed E-state index contributed by atoms with van der Waals surface area (Å²) in [6.45, 7) is 0. The van der Waals surface area contributed by atoms with Gasteiger partial charge in [-0.05, 0) is 12.1 Å². The number of rotatable bonds is 6. The minimum absolute atomic E-state index is 0.236. The lowest BCUT2D eigenvalue weighted by molar-refractivity contribution is -0.132. The second-order valence-corrected chi connectivity index (χ2v) is 3.87. The molecule has 8 heteroatoms. The minimum Gasteiger partial charge on any atom is -0.478 e. The van der Waals surface area contributed by atoms with Crippen LogP contribution in [0.3, 0.4) is 0 Å². The Morgan fingerprint density at radius 1 is 0.727 bits per heavy atom. The summed E-state index contributed by atoms with van der Waals surface area (Å²) in [7, 11) is 0. The SMILES string of the molecule is O=C(O)/C=C\C(=O)Nc1ccccc1NC(=O)/C=C\C(=O)O. The molecule has 4 N–H and O–H groups in total. The van der Waals surface area contributed by atoms with Crippen LogP contribution in [0.2, 0.25) is 0 Å². The molecule has 1 rings (SSSR count). The largest absolute Gasteiger partial charge is 0.478 e. The third kappa shape index (κ3) is 6.15. The predicted molar refractivity (Wildman–Crippen MR) is 77.3 cm³/mol. The summed E-state index contributed by atoms with van der Waals surface area (Å²) >= 11 is 0. The van der Waals surface area contributed by atoms with E-state index in [-0.39, 0.29) is 11.4 Å². The summed E-state index contributed by atoms with van der Waals surface area (Å²) < 4.78 is 0. The molecule has 2 amide bonds. The third-order valence-electron chi connectivity index (χ3n) is 2.20. The molecule has 0 saturated heterocycles. The van der Waals surface area contributed by atoms with Crippen LogP contribution in [0.4, 0.5) is 11.4 Å². The van der Waals surface area contributed by atoms with Crippen molar-refractivity contribution >= 4 is 35.1 Å². The first kappa shape index (κ1) is 16.6. The van der Waals surface area contributed by atoms with Crippen LogP contribution in [0, 0.1) is 0 Å². The van der Waals surface area contributed by atoms with Crippen LogP contribution in [0.1, 0.15) is 0 Å². The zero-order valence-electron chi connectivity index (χ0n) is 11.1. The van der Waals surface area contributed by atoms with Crippen LogP contribution in [-0.2, 0) is 19.2 Å². The molecule has 114 valence electrons. The molecule has 0 spiro atoms. The maximum absolute atomic E-state index is 11.5. The lowest BCUT2D eigenvalue weighted by Gasteiger charge is -2.09. The highest BCUT2D eigenvalue weighted by atomic mass is 16.4. The van der Waals surface area contributed by atoms with E-state index in [1.54, 1.807) is 12.1 Å². The Balaban J connectivity index is 2.81. The molecular weight excluding hydrogens is 292 g/mol. The molecule has 1 aromatic carbocycles. The second-order valence-electron chi connectivity index (χ2n) is 3.87. The van der Waals surface area contributed by atoms with Crippen LogP contribution in [0.25, 0.3) is 0 Å². The molecule has 0 aliphatic rings. The van der Waals surface area contributed by atoms with Crippen LogP contribution >= 0.6 is 0 Å². The number of carbonyl (C=O) groups excluding carboxylic acids is 2. The van der Waals surface area contributed by atoms with E-state index >= 15 is 0 Å². The molecule has 0 aromatic heterocycles. The van der Waals surface area contributed by atoms with Crippen LogP contribution in [0.5, 0.6) is 0 Å². The first-order valence-electron chi connectivity index (χ1n) is 5.91. The smallest absolute Gasteiger partial charge is 0.328 e. The Labute approximate surface area is 124 Å². The average molecular weight is 304 g/mol. The van der Waals surface area contributed by atoms with Gasteiger partial charge in [0.1, 0.15) is 0 Å². The van der Waals surface area contributed by atoms with E-state index in [1.165, 1.54) is 12.1 Å². The molecule has 8 nitrogen and oxygen atoms in total. The third-order valence-corrected chi connectivity index (χ3v) is 2.20. The number of para-hydroxylation sites is 2. The van der Waals surface area contributed by atoms with Crippen LogP contribution in [-0.4, -0.2) is 34.0 Å². The highest BCUT2D eigenvalue weighted by Gasteiger charge is 2.07. The fourth-order valence-corrected chi connectivity index (χ4v) is 1.34. The van der Waals surface area contributed by atoms with E-state index in [2.05, 4.69) is 10.6 Å². The Morgan fingerprint density at radius 3 is 1.41 bits per heavy atom. The molecule has 0 radical (unpaired) electrons. The number of hydrogen-bond donors (Lipinski definition) is 4. The Morgan fingerprint density at radius 2 is 1.09 bits per heavy atom. The standard InChI is InChI=1S/C14H12N2O6/c17-11(5-7-13(19)20)15-9-3-1-2-4-10(9)16-12(18)6-8-14(21)22/h1-8H,(H,15,17)(H,16,18)(H,19,20)(H,21,22)/b7-5-,8-6-. The normalized spacial score (nSPS) is 10.5. The zero-order chi connectivity index (χ0) is 16.5. The molecule has 0 fully saturated rings. The van der Waals surface area contributed by atoms with E-state index in [0.29, 0.717) is 12.2 Å². The van der Waals surface area contributed by atoms with Gasteiger partial charge in [0, 0.05) is 24.3 Å². The molecule has 0 unspecified atom stereocenters. The van der Waals surface area contributed by atoms with Gasteiger partial charge in [0.15, 0.2) is 0 Å². The van der Waals surface area contributed by atoms with Crippen molar-refractivity contribution < 1.29 is 29.4 Å². The fourth-order valence-electron chi connectivity index (χ4n) is 1.34. The molecule has 0 aliphatic heterocycles. The van der Waals surface area contributed by atoms with E-state index in [0.717, 1.165) is 12.2 Å². The van der Waals surface area contributed by atoms with E-state index in [1.807, 2.05) is 0 Å². The van der Waals surface area contributed by atoms with Crippen molar-refractivity contribution in [2.45, 2.75) is 0 Å². The number of hydrogen-bond acceptors (Lipinski definition) is 4. The highest BCUT2D eigenvalue weighted by Crippen LogP contribution is 2.20. The van der Waals surface area contributed by atoms with Crippen molar-refractivity contribution in [2.75, 3.05) is 10.6 Å². The summed E-state index contributed by atoms with van der Waals surface area (Å²) in [5, 5.41) is 21.6. The molecule has 1 aromatic rings. The Hall–Kier alpha value is -3.42. The van der Waals surface area contributed by atoms with Gasteiger partial charge in [0.2, 0.25) is 11.8 Å². The van der Waals surface area contributed by atoms with Gasteiger partial charge in [-0.3, -0.25) is 9.59 Å². The number of aliphatic carboxylic acids is 2. The van der Waals surface area contributed by atoms with Gasteiger partial charge in [0.05, 0.1) is 11.4 Å². The van der Waals surface area contributed by atoms with E-state index in [4.69, 9.17) is 10.2 Å². The summed E-state index contributed by atoms with van der Waals surface area (Å²) in [5.41, 5.74) is 0.472. The van der Waals surface area contributed by atoms with Gasteiger partial charge in [-0.25, -0.2) is 9.59 Å². The minimum atomic E-state index is -1.27. The predicted octanol–water partition coefficient (Wildman–Crippen LogP) is 0.845. The van der Waals surface area contributed by atoms with Crippen molar-refractivity contribution in [2.24, 2.45) is 0 Å². The van der Waals surface area contributed by atoms with Crippen molar-refractivity contribution in [3.8, 4) is 0 Å². The quantitative estimate of drug-likeness (QED) is 0.576. The van der Waals surface area contributed by atoms with Crippen molar-refractivity contribution in [3.63, 3.8) is 0 Å². The van der Waals surface area contributed by atoms with Gasteiger partial charge in [-0.1, -0.05) is 12.1 Å². The summed E-state index contributed by atoms with van der Waals surface area (Å²) in [4.78, 5) is 43.6. The number of carboxylic acids is 2. The molecule has 0 bridgehead atoms. The summed E-state index contributed by atoms with van der Waals surface area (Å²) in [6, 6.07) is 6.17. The summed E-state index contributed by atoms with van der Waals surface area (Å²) in [5.74, 6) is -3.92. The molecule has 0 atom stereocenters. The zero-order valence-corrected chi connectivity index (χ0v) is 11.1. The van der Waals surface area contributed by atoms with E-state index < -0.39 is 23.8 Å². The van der Waals surface area contributed by atoms with Gasteiger partial charge >= 0.3 is 11.9 Å². The maximum Gasteiger partial charge on any atom is 0.328 e. The second kappa shape index (κ2) is 8.00. The van der Waals surface area contributed by atoms with Crippen molar-refractivity contribution in [1.82, 2.24) is 0 Å². The maximum atomic E-state index is 11.5. The molecule has 0 saturated carbocycles. The van der Waals surface area contributed by atoms with Gasteiger partial charge in [-0.2, -0.15) is 0 Å². The van der Waals surface area contributed by atoms with Gasteiger partial charge in [0.25, 0.3) is 0 Å². The van der Waals surface area contributed by atoms with Crippen LogP contribution < -0.4 is 10.6 Å². The number of benzene rings is 1. The van der Waals surface area contributed by atoms with Crippen LogP contribution in [0.15, 0.2) is 48.6 Å². The number of anilines is 2. The number of nitrogens with one attached hydrogen (secondary N) is 2. The number of carbonyl (C=O) groups is 4. The average Bonchev–Trinajstić information content (AvgIpc) is 2.45. The molecule has 0 aliphatic carbocycles. The number of amides is 2. The van der Waals surface area contributed by atoms with E-state index in [9.17, 15) is 19.2 Å². The van der Waals surface area contributed by atoms with Gasteiger partial charge in [-0.15, -0.1) is 0 Å². The topological polar surface area (TPSA) is 133 Å².